The Morgan fingerprint density at radius 1 is 0.765 bits per heavy atom. The number of aromatic hydroxyl groups is 2. The summed E-state index contributed by atoms with van der Waals surface area (Å²) in [5.41, 5.74) is 6.32. The number of benzene rings is 2. The predicted octanol–water partition coefficient (Wildman–Crippen LogP) is 10.4. The molecule has 13 nitrogen and oxygen atoms in total. The Kier molecular flexibility index (Phi) is 15.3. The largest absolute Gasteiger partial charge is 0.508 e. The highest BCUT2D eigenvalue weighted by Crippen LogP contribution is 2.49. The summed E-state index contributed by atoms with van der Waals surface area (Å²) in [5, 5.41) is 56.5. The van der Waals surface area contributed by atoms with E-state index in [0.717, 1.165) is 37.0 Å². The lowest BCUT2D eigenvalue weighted by Crippen LogP contribution is -2.49. The highest BCUT2D eigenvalue weighted by molar-refractivity contribution is 7.11. The Bertz CT molecular complexity index is 2570. The minimum absolute atomic E-state index is 0.0975. The van der Waals surface area contributed by atoms with Crippen LogP contribution in [0, 0.1) is 0 Å². The molecule has 1 aromatic heterocycles. The molecule has 2 amide bonds. The van der Waals surface area contributed by atoms with Crippen molar-refractivity contribution in [2.24, 2.45) is 0 Å². The first kappa shape index (κ1) is 50.4. The van der Waals surface area contributed by atoms with Crippen LogP contribution in [0.25, 0.3) is 0 Å². The molecule has 5 atom stereocenters. The molecule has 0 unspecified atom stereocenters. The van der Waals surface area contributed by atoms with E-state index in [1.165, 1.54) is 34.4 Å². The van der Waals surface area contributed by atoms with Crippen LogP contribution in [0.2, 0.25) is 0 Å². The Labute approximate surface area is 404 Å². The van der Waals surface area contributed by atoms with Gasteiger partial charge in [-0.3, -0.25) is 9.59 Å². The van der Waals surface area contributed by atoms with Crippen LogP contribution in [0.15, 0.2) is 64.1 Å². The number of nitrogens with zero attached hydrogens (tertiary/aromatic N) is 3. The van der Waals surface area contributed by atoms with Gasteiger partial charge in [0.2, 0.25) is 5.01 Å². The van der Waals surface area contributed by atoms with Gasteiger partial charge in [0.1, 0.15) is 34.2 Å². The van der Waals surface area contributed by atoms with E-state index in [-0.39, 0.29) is 66.4 Å². The average molecular weight is 952 g/mol. The van der Waals surface area contributed by atoms with Crippen LogP contribution in [0.3, 0.4) is 0 Å². The molecule has 0 saturated carbocycles. The number of phenolic OH excluding ortho intramolecular Hbond substituents is 2. The number of carboxylic acids is 1. The molecule has 366 valence electrons. The van der Waals surface area contributed by atoms with Gasteiger partial charge in [-0.25, -0.2) is 9.78 Å². The number of amides is 2. The number of aliphatic hydroxyl groups excluding tert-OH is 2. The normalized spacial score (nSPS) is 22.5. The summed E-state index contributed by atoms with van der Waals surface area (Å²) in [4.78, 5) is 48.3. The van der Waals surface area contributed by atoms with Crippen molar-refractivity contribution in [1.82, 2.24) is 14.8 Å². The Hall–Kier alpha value is -5.44. The summed E-state index contributed by atoms with van der Waals surface area (Å²) in [7, 11) is 0. The maximum absolute atomic E-state index is 14.5. The molecule has 3 aromatic rings. The molecular weight excluding hydrogens is 883 g/mol. The zero-order valence-corrected chi connectivity index (χ0v) is 41.7. The van der Waals surface area contributed by atoms with Crippen molar-refractivity contribution in [3.8, 4) is 23.0 Å². The predicted molar refractivity (Wildman–Crippen MR) is 263 cm³/mol. The van der Waals surface area contributed by atoms with Crippen molar-refractivity contribution in [2.45, 2.75) is 175 Å². The van der Waals surface area contributed by atoms with Gasteiger partial charge >= 0.3 is 5.97 Å². The molecule has 0 spiro atoms. The molecule has 4 aliphatic rings. The van der Waals surface area contributed by atoms with Gasteiger partial charge in [0.05, 0.1) is 48.2 Å². The van der Waals surface area contributed by atoms with Gasteiger partial charge in [-0.1, -0.05) is 46.6 Å². The SMILES string of the molecule is CC(C)=CCC/C(C)=C/CC[C@@]1(C)Oc2c(c(O)cc3c2CN(CCC[C@@H](c2csc(C(=O)O)n2)N2Cc4c(cc(O)c5c4O[C@](C)(CC/C=C(\C)CCC=C(C)C)[C@@H](O)C5)C2=O)C3=O)C[C@@H]1O. The molecule has 5 N–H and O–H groups in total. The van der Waals surface area contributed by atoms with Crippen LogP contribution >= 0.6 is 11.3 Å². The number of rotatable bonds is 19. The van der Waals surface area contributed by atoms with Crippen molar-refractivity contribution in [1.29, 1.82) is 0 Å². The van der Waals surface area contributed by atoms with E-state index in [2.05, 4.69) is 70.8 Å². The maximum atomic E-state index is 14.5. The number of hydrogen-bond acceptors (Lipinski definition) is 11. The zero-order chi connectivity index (χ0) is 49.2. The number of allylic oxidation sites excluding steroid dienone is 8. The quantitative estimate of drug-likeness (QED) is 0.0719. The molecule has 14 heteroatoms. The number of ether oxygens (including phenoxy) is 2. The van der Waals surface area contributed by atoms with E-state index in [1.807, 2.05) is 13.8 Å². The van der Waals surface area contributed by atoms with Gasteiger partial charge in [0.15, 0.2) is 0 Å². The van der Waals surface area contributed by atoms with E-state index in [9.17, 15) is 39.9 Å². The minimum Gasteiger partial charge on any atom is -0.508 e. The first-order valence-corrected chi connectivity index (χ1v) is 24.9. The number of phenols is 2. The van der Waals surface area contributed by atoms with Gasteiger partial charge in [-0.2, -0.15) is 0 Å². The van der Waals surface area contributed by atoms with Crippen LogP contribution in [-0.2, 0) is 25.9 Å². The van der Waals surface area contributed by atoms with Crippen molar-refractivity contribution in [2.75, 3.05) is 6.54 Å². The molecule has 0 saturated heterocycles. The van der Waals surface area contributed by atoms with Gasteiger partial charge in [0.25, 0.3) is 11.8 Å². The number of aromatic nitrogens is 1. The second kappa shape index (κ2) is 20.7. The number of carbonyl (C=O) groups is 3. The van der Waals surface area contributed by atoms with Crippen LogP contribution < -0.4 is 9.47 Å². The Morgan fingerprint density at radius 3 is 1.75 bits per heavy atom. The number of hydrogen-bond donors (Lipinski definition) is 5. The van der Waals surface area contributed by atoms with Crippen LogP contribution in [0.1, 0.15) is 184 Å². The first-order valence-electron chi connectivity index (χ1n) is 24.1. The zero-order valence-electron chi connectivity index (χ0n) is 40.9. The number of fused-ring (bicyclic) bond motifs is 6. The number of thiazole rings is 1. The summed E-state index contributed by atoms with van der Waals surface area (Å²) in [6.07, 6.45) is 14.3. The summed E-state index contributed by atoms with van der Waals surface area (Å²) < 4.78 is 13.3. The van der Waals surface area contributed by atoms with E-state index >= 15 is 0 Å². The fourth-order valence-corrected chi connectivity index (χ4v) is 10.7. The molecule has 0 aliphatic carbocycles. The second-order valence-electron chi connectivity index (χ2n) is 20.2. The highest BCUT2D eigenvalue weighted by atomic mass is 32.1. The monoisotopic (exact) mass is 951 g/mol. The number of carboxylic acid groups (broad SMARTS) is 1. The van der Waals surface area contributed by atoms with E-state index in [1.54, 1.807) is 15.2 Å². The average Bonchev–Trinajstić information content (AvgIpc) is 3.97. The van der Waals surface area contributed by atoms with Crippen molar-refractivity contribution >= 4 is 29.1 Å². The lowest BCUT2D eigenvalue weighted by atomic mass is 9.84. The van der Waals surface area contributed by atoms with E-state index in [4.69, 9.17) is 9.47 Å². The van der Waals surface area contributed by atoms with Crippen molar-refractivity contribution < 1.29 is 49.4 Å². The van der Waals surface area contributed by atoms with Gasteiger partial charge in [-0.15, -0.1) is 11.3 Å². The van der Waals surface area contributed by atoms with Gasteiger partial charge < -0.3 is 44.8 Å². The summed E-state index contributed by atoms with van der Waals surface area (Å²) in [6.45, 7) is 16.9. The van der Waals surface area contributed by atoms with Crippen LogP contribution in [-0.4, -0.2) is 88.1 Å². The Balaban J connectivity index is 1.07. The lowest BCUT2D eigenvalue weighted by molar-refractivity contribution is -0.0599. The third-order valence-electron chi connectivity index (χ3n) is 14.3. The molecule has 2 aromatic carbocycles. The smallest absolute Gasteiger partial charge is 0.365 e. The summed E-state index contributed by atoms with van der Waals surface area (Å²) in [6, 6.07) is 2.21. The maximum Gasteiger partial charge on any atom is 0.365 e. The molecule has 4 aliphatic heterocycles. The Morgan fingerprint density at radius 2 is 1.26 bits per heavy atom. The fraction of sp³-hybridized carbons (Fsp3) is 0.519. The van der Waals surface area contributed by atoms with Crippen molar-refractivity contribution in [3.05, 3.63) is 108 Å². The van der Waals surface area contributed by atoms with Crippen molar-refractivity contribution in [3.63, 3.8) is 0 Å². The number of aliphatic hydroxyl groups is 2. The molecule has 0 fully saturated rings. The van der Waals surface area contributed by atoms with E-state index in [0.29, 0.717) is 83.5 Å². The number of aromatic carboxylic acids is 1. The standard InChI is InChI=1S/C54H69N3O10S/c1-31(2)14-9-16-33(5)18-11-21-53(7)45(60)26-37-43(58)24-35-39(47(37)66-53)28-56(50(35)62)23-13-20-42(41-30-68-49(55-41)52(64)65)57-29-40-36(51(57)63)25-44(59)38-27-46(61)54(8,67-48(38)40)22-12-19-34(6)17-10-15-32(3)4/h14-15,18-19,24-25,30,42,45-46,58-61H,9-13,16-17,20-23,26-29H2,1-8H3,(H,64,65)/b33-18+,34-19+/t42-,45-,46-,53+,54+/m0/s1. The molecule has 0 bridgehead atoms. The highest BCUT2D eigenvalue weighted by Gasteiger charge is 2.47. The lowest BCUT2D eigenvalue weighted by Gasteiger charge is -2.41. The number of carbonyl (C=O) groups excluding carboxylic acids is 2. The third-order valence-corrected chi connectivity index (χ3v) is 15.1. The van der Waals surface area contributed by atoms with Crippen LogP contribution in [0.5, 0.6) is 23.0 Å². The van der Waals surface area contributed by atoms with E-state index < -0.39 is 35.4 Å². The summed E-state index contributed by atoms with van der Waals surface area (Å²) in [5.74, 6) is -1.24. The van der Waals surface area contributed by atoms with Gasteiger partial charge in [0, 0.05) is 47.0 Å². The minimum atomic E-state index is -1.18. The fourth-order valence-electron chi connectivity index (χ4n) is 9.99. The third kappa shape index (κ3) is 10.7. The molecule has 0 radical (unpaired) electrons. The van der Waals surface area contributed by atoms with Gasteiger partial charge in [-0.05, 0) is 132 Å². The molecule has 7 rings (SSSR count). The molecule has 68 heavy (non-hydrogen) atoms. The summed E-state index contributed by atoms with van der Waals surface area (Å²) >= 11 is 0.971. The topological polar surface area (TPSA) is 190 Å². The second-order valence-corrected chi connectivity index (χ2v) is 21.1. The molecular formula is C54H69N3O10S. The first-order chi connectivity index (χ1) is 32.2. The van der Waals surface area contributed by atoms with Crippen LogP contribution in [0.4, 0.5) is 0 Å². The molecule has 5 heterocycles.